The first-order valence-electron chi connectivity index (χ1n) is 4.81. The predicted molar refractivity (Wildman–Crippen MR) is 46.1 cm³/mol. The quantitative estimate of drug-likeness (QED) is 0.574. The molecule has 1 aromatic heterocycles. The minimum Gasteiger partial charge on any atom is -0.254 e. The molecule has 0 amide bonds. The van der Waals surface area contributed by atoms with Gasteiger partial charge in [0.1, 0.15) is 0 Å². The molecule has 0 fully saturated rings. The van der Waals surface area contributed by atoms with Crippen LogP contribution in [-0.2, 0) is 25.7 Å². The van der Waals surface area contributed by atoms with Crippen molar-refractivity contribution in [2.24, 2.45) is 0 Å². The molecule has 0 radical (unpaired) electrons. The normalized spacial score (nSPS) is 19.3. The van der Waals surface area contributed by atoms with E-state index in [1.54, 1.807) is 0 Å². The Bertz CT molecular complexity index is 271. The van der Waals surface area contributed by atoms with Gasteiger partial charge in [0, 0.05) is 0 Å². The summed E-state index contributed by atoms with van der Waals surface area (Å²) in [4.78, 5) is 9.34. The zero-order valence-electron chi connectivity index (χ0n) is 7.14. The van der Waals surface area contributed by atoms with Crippen LogP contribution in [0.2, 0.25) is 0 Å². The average Bonchev–Trinajstić information content (AvgIpc) is 2.64. The fourth-order valence-corrected chi connectivity index (χ4v) is 2.23. The standard InChI is InChI=1S/C10H12N2/c1-3-7-8(4-1)12-10-6-2-5-9(10)11-7/h1-6H2. The molecule has 2 aliphatic rings. The van der Waals surface area contributed by atoms with Gasteiger partial charge in [-0.3, -0.25) is 9.97 Å². The maximum atomic E-state index is 4.67. The maximum absolute atomic E-state index is 4.67. The van der Waals surface area contributed by atoms with E-state index in [9.17, 15) is 0 Å². The van der Waals surface area contributed by atoms with Gasteiger partial charge in [-0.15, -0.1) is 0 Å². The van der Waals surface area contributed by atoms with Crippen LogP contribution < -0.4 is 0 Å². The Balaban J connectivity index is 2.18. The van der Waals surface area contributed by atoms with E-state index in [1.165, 1.54) is 35.6 Å². The van der Waals surface area contributed by atoms with Gasteiger partial charge in [0.05, 0.1) is 22.8 Å². The third-order valence-electron chi connectivity index (χ3n) is 2.86. The summed E-state index contributed by atoms with van der Waals surface area (Å²) in [6.07, 6.45) is 7.17. The van der Waals surface area contributed by atoms with Crippen LogP contribution >= 0.6 is 0 Å². The molecule has 0 saturated carbocycles. The number of hydrogen-bond donors (Lipinski definition) is 0. The fourth-order valence-electron chi connectivity index (χ4n) is 2.23. The summed E-state index contributed by atoms with van der Waals surface area (Å²) >= 11 is 0. The zero-order valence-corrected chi connectivity index (χ0v) is 7.14. The van der Waals surface area contributed by atoms with Gasteiger partial charge in [-0.05, 0) is 38.5 Å². The molecule has 2 heteroatoms. The van der Waals surface area contributed by atoms with Crippen molar-refractivity contribution >= 4 is 0 Å². The molecular weight excluding hydrogens is 148 g/mol. The molecule has 1 aromatic rings. The molecule has 2 nitrogen and oxygen atoms in total. The van der Waals surface area contributed by atoms with Crippen molar-refractivity contribution in [3.05, 3.63) is 22.8 Å². The summed E-state index contributed by atoms with van der Waals surface area (Å²) < 4.78 is 0. The van der Waals surface area contributed by atoms with Crippen LogP contribution in [0.5, 0.6) is 0 Å². The lowest BCUT2D eigenvalue weighted by molar-refractivity contribution is 0.864. The number of fused-ring (bicyclic) bond motifs is 2. The van der Waals surface area contributed by atoms with Crippen molar-refractivity contribution in [1.82, 2.24) is 9.97 Å². The number of nitrogens with zero attached hydrogens (tertiary/aromatic N) is 2. The van der Waals surface area contributed by atoms with Gasteiger partial charge in [-0.25, -0.2) is 0 Å². The highest BCUT2D eigenvalue weighted by atomic mass is 14.9. The van der Waals surface area contributed by atoms with Gasteiger partial charge in [0.2, 0.25) is 0 Å². The van der Waals surface area contributed by atoms with E-state index in [4.69, 9.17) is 0 Å². The summed E-state index contributed by atoms with van der Waals surface area (Å²) in [5, 5.41) is 0. The Morgan fingerprint density at radius 3 is 1.25 bits per heavy atom. The van der Waals surface area contributed by atoms with Gasteiger partial charge in [-0.2, -0.15) is 0 Å². The maximum Gasteiger partial charge on any atom is 0.0622 e. The first-order valence-corrected chi connectivity index (χ1v) is 4.81. The number of aryl methyl sites for hydroxylation is 4. The Kier molecular flexibility index (Phi) is 1.25. The van der Waals surface area contributed by atoms with Gasteiger partial charge < -0.3 is 0 Å². The number of aromatic nitrogens is 2. The van der Waals surface area contributed by atoms with E-state index in [0.717, 1.165) is 25.7 Å². The van der Waals surface area contributed by atoms with Gasteiger partial charge in [-0.1, -0.05) is 0 Å². The molecule has 2 aliphatic carbocycles. The van der Waals surface area contributed by atoms with Gasteiger partial charge in [0.25, 0.3) is 0 Å². The van der Waals surface area contributed by atoms with E-state index in [1.807, 2.05) is 0 Å². The van der Waals surface area contributed by atoms with Crippen molar-refractivity contribution < 1.29 is 0 Å². The number of hydrogen-bond acceptors (Lipinski definition) is 2. The molecule has 0 N–H and O–H groups in total. The molecule has 1 heterocycles. The van der Waals surface area contributed by atoms with Crippen LogP contribution in [0.25, 0.3) is 0 Å². The van der Waals surface area contributed by atoms with Crippen LogP contribution in [0, 0.1) is 0 Å². The molecule has 0 saturated heterocycles. The number of rotatable bonds is 0. The summed E-state index contributed by atoms with van der Waals surface area (Å²) in [6.45, 7) is 0. The van der Waals surface area contributed by atoms with Crippen LogP contribution in [0.15, 0.2) is 0 Å². The topological polar surface area (TPSA) is 25.8 Å². The SMILES string of the molecule is C1Cc2nc3c(nc2C1)CCC3. The molecule has 0 atom stereocenters. The second-order valence-corrected chi connectivity index (χ2v) is 3.72. The highest BCUT2D eigenvalue weighted by Crippen LogP contribution is 2.24. The highest BCUT2D eigenvalue weighted by molar-refractivity contribution is 5.26. The minimum absolute atomic E-state index is 1.16. The second-order valence-electron chi connectivity index (χ2n) is 3.72. The summed E-state index contributed by atoms with van der Waals surface area (Å²) in [5.74, 6) is 0. The third-order valence-corrected chi connectivity index (χ3v) is 2.86. The predicted octanol–water partition coefficient (Wildman–Crippen LogP) is 1.45. The van der Waals surface area contributed by atoms with Crippen molar-refractivity contribution in [2.45, 2.75) is 38.5 Å². The second kappa shape index (κ2) is 2.28. The largest absolute Gasteiger partial charge is 0.254 e. The fraction of sp³-hybridized carbons (Fsp3) is 0.600. The van der Waals surface area contributed by atoms with Crippen molar-refractivity contribution in [3.8, 4) is 0 Å². The first-order chi connectivity index (χ1) is 5.93. The lowest BCUT2D eigenvalue weighted by Crippen LogP contribution is -1.99. The van der Waals surface area contributed by atoms with Crippen molar-refractivity contribution in [3.63, 3.8) is 0 Å². The van der Waals surface area contributed by atoms with Crippen molar-refractivity contribution in [1.29, 1.82) is 0 Å². The van der Waals surface area contributed by atoms with E-state index >= 15 is 0 Å². The van der Waals surface area contributed by atoms with Crippen LogP contribution in [0.1, 0.15) is 35.6 Å². The summed E-state index contributed by atoms with van der Waals surface area (Å²) in [5.41, 5.74) is 5.15. The van der Waals surface area contributed by atoms with E-state index in [-0.39, 0.29) is 0 Å². The Morgan fingerprint density at radius 1 is 0.583 bits per heavy atom. The van der Waals surface area contributed by atoms with Gasteiger partial charge in [0.15, 0.2) is 0 Å². The molecule has 12 heavy (non-hydrogen) atoms. The highest BCUT2D eigenvalue weighted by Gasteiger charge is 2.20. The smallest absolute Gasteiger partial charge is 0.0622 e. The molecule has 0 bridgehead atoms. The Hall–Kier alpha value is -0.920. The lowest BCUT2D eigenvalue weighted by Gasteiger charge is -2.01. The van der Waals surface area contributed by atoms with E-state index < -0.39 is 0 Å². The molecule has 62 valence electrons. The molecule has 0 unspecified atom stereocenters. The lowest BCUT2D eigenvalue weighted by atomic mass is 10.3. The van der Waals surface area contributed by atoms with Crippen molar-refractivity contribution in [2.75, 3.05) is 0 Å². The molecular formula is C10H12N2. The first kappa shape index (κ1) is 6.58. The van der Waals surface area contributed by atoms with E-state index in [2.05, 4.69) is 9.97 Å². The monoisotopic (exact) mass is 160 g/mol. The van der Waals surface area contributed by atoms with Gasteiger partial charge >= 0.3 is 0 Å². The minimum atomic E-state index is 1.16. The third kappa shape index (κ3) is 0.808. The average molecular weight is 160 g/mol. The Morgan fingerprint density at radius 2 is 0.917 bits per heavy atom. The zero-order chi connectivity index (χ0) is 7.97. The molecule has 0 aliphatic heterocycles. The molecule has 0 spiro atoms. The van der Waals surface area contributed by atoms with Crippen LogP contribution in [0.4, 0.5) is 0 Å². The summed E-state index contributed by atoms with van der Waals surface area (Å²) in [6, 6.07) is 0. The molecule has 3 rings (SSSR count). The summed E-state index contributed by atoms with van der Waals surface area (Å²) in [7, 11) is 0. The Labute approximate surface area is 72.0 Å². The van der Waals surface area contributed by atoms with Crippen LogP contribution in [0.3, 0.4) is 0 Å². The van der Waals surface area contributed by atoms with Crippen LogP contribution in [-0.4, -0.2) is 9.97 Å². The van der Waals surface area contributed by atoms with E-state index in [0.29, 0.717) is 0 Å². The molecule has 0 aromatic carbocycles.